The predicted octanol–water partition coefficient (Wildman–Crippen LogP) is 4.90. The quantitative estimate of drug-likeness (QED) is 0.463. The van der Waals surface area contributed by atoms with Crippen LogP contribution in [0.25, 0.3) is 22.3 Å². The van der Waals surface area contributed by atoms with Gasteiger partial charge in [0.2, 0.25) is 0 Å². The Morgan fingerprint density at radius 2 is 1.63 bits per heavy atom. The zero-order valence-corrected chi connectivity index (χ0v) is 16.8. The van der Waals surface area contributed by atoms with E-state index in [2.05, 4.69) is 22.3 Å². The van der Waals surface area contributed by atoms with Gasteiger partial charge in [0.25, 0.3) is 0 Å². The molecule has 1 unspecified atom stereocenters. The molecule has 0 aliphatic rings. The molecule has 3 aromatic carbocycles. The van der Waals surface area contributed by atoms with Crippen molar-refractivity contribution in [1.82, 2.24) is 15.1 Å². The van der Waals surface area contributed by atoms with Gasteiger partial charge in [0.15, 0.2) is 0 Å². The molecule has 0 amide bonds. The van der Waals surface area contributed by atoms with E-state index in [0.717, 1.165) is 27.8 Å². The van der Waals surface area contributed by atoms with Crippen molar-refractivity contribution in [2.75, 3.05) is 20.2 Å². The molecule has 152 valence electrons. The van der Waals surface area contributed by atoms with E-state index >= 15 is 0 Å². The molecule has 0 saturated heterocycles. The summed E-state index contributed by atoms with van der Waals surface area (Å²) in [6, 6.07) is 23.1. The number of nitrogens with one attached hydrogen (secondary N) is 1. The highest BCUT2D eigenvalue weighted by molar-refractivity contribution is 5.71. The Balaban J connectivity index is 1.70. The molecule has 2 N–H and O–H groups in total. The van der Waals surface area contributed by atoms with E-state index in [1.165, 1.54) is 6.07 Å². The monoisotopic (exact) mass is 401 g/mol. The van der Waals surface area contributed by atoms with Gasteiger partial charge in [-0.3, -0.25) is 10.00 Å². The van der Waals surface area contributed by atoms with Gasteiger partial charge in [-0.15, -0.1) is 0 Å². The van der Waals surface area contributed by atoms with E-state index in [-0.39, 0.29) is 18.5 Å². The first-order valence-electron chi connectivity index (χ1n) is 9.92. The van der Waals surface area contributed by atoms with Crippen LogP contribution in [-0.4, -0.2) is 40.4 Å². The minimum atomic E-state index is -0.262. The number of benzene rings is 3. The molecule has 1 atom stereocenters. The molecule has 5 heteroatoms. The molecule has 0 spiro atoms. The van der Waals surface area contributed by atoms with E-state index in [1.54, 1.807) is 12.3 Å². The Kier molecular flexibility index (Phi) is 6.02. The summed E-state index contributed by atoms with van der Waals surface area (Å²) in [7, 11) is 1.94. The number of aromatic amines is 1. The summed E-state index contributed by atoms with van der Waals surface area (Å²) < 4.78 is 14.8. The topological polar surface area (TPSA) is 52.1 Å². The summed E-state index contributed by atoms with van der Waals surface area (Å²) in [5, 5.41) is 16.3. The average molecular weight is 401 g/mol. The van der Waals surface area contributed by atoms with Crippen molar-refractivity contribution in [3.05, 3.63) is 102 Å². The largest absolute Gasteiger partial charge is 0.395 e. The van der Waals surface area contributed by atoms with Crippen molar-refractivity contribution in [3.8, 4) is 22.3 Å². The molecule has 0 radical (unpaired) electrons. The molecule has 4 rings (SSSR count). The van der Waals surface area contributed by atoms with Gasteiger partial charge in [-0.1, -0.05) is 60.7 Å². The Bertz CT molecular complexity index is 1080. The molecule has 0 saturated carbocycles. The Hall–Kier alpha value is -3.28. The van der Waals surface area contributed by atoms with Crippen molar-refractivity contribution in [3.63, 3.8) is 0 Å². The number of aromatic nitrogens is 2. The smallest absolute Gasteiger partial charge is 0.131 e. The second-order valence-electron chi connectivity index (χ2n) is 7.32. The molecule has 1 aromatic heterocycles. The van der Waals surface area contributed by atoms with Crippen LogP contribution in [0, 0.1) is 5.82 Å². The predicted molar refractivity (Wildman–Crippen MR) is 117 cm³/mol. The first-order valence-corrected chi connectivity index (χ1v) is 9.92. The number of likely N-dealkylation sites (N-methyl/N-ethyl adjacent to an activating group) is 1. The molecule has 30 heavy (non-hydrogen) atoms. The maximum atomic E-state index is 14.8. The summed E-state index contributed by atoms with van der Waals surface area (Å²) >= 11 is 0. The summed E-state index contributed by atoms with van der Waals surface area (Å²) in [4.78, 5) is 2.03. The van der Waals surface area contributed by atoms with Crippen LogP contribution in [0.15, 0.2) is 85.2 Å². The Morgan fingerprint density at radius 3 is 2.30 bits per heavy atom. The van der Waals surface area contributed by atoms with Crippen LogP contribution in [0.2, 0.25) is 0 Å². The van der Waals surface area contributed by atoms with Gasteiger partial charge < -0.3 is 5.11 Å². The molecule has 0 fully saturated rings. The zero-order chi connectivity index (χ0) is 20.9. The van der Waals surface area contributed by atoms with Gasteiger partial charge in [0.1, 0.15) is 5.82 Å². The van der Waals surface area contributed by atoms with Crippen LogP contribution in [0.4, 0.5) is 4.39 Å². The van der Waals surface area contributed by atoms with Crippen LogP contribution in [0.3, 0.4) is 0 Å². The second-order valence-corrected chi connectivity index (χ2v) is 7.32. The fourth-order valence-electron chi connectivity index (χ4n) is 3.81. The lowest BCUT2D eigenvalue weighted by molar-refractivity contribution is 0.197. The van der Waals surface area contributed by atoms with Crippen molar-refractivity contribution in [1.29, 1.82) is 0 Å². The molecule has 0 bridgehead atoms. The SMILES string of the molecule is CN(CCO)C(c1cn[nH]c1)c1ccc(F)c(-c2ccc(-c3ccccc3)cc2)c1. The third-order valence-electron chi connectivity index (χ3n) is 5.34. The first-order chi connectivity index (χ1) is 14.7. The van der Waals surface area contributed by atoms with Gasteiger partial charge in [-0.2, -0.15) is 5.10 Å². The number of hydrogen-bond donors (Lipinski definition) is 2. The van der Waals surface area contributed by atoms with Gasteiger partial charge in [-0.05, 0) is 41.4 Å². The third kappa shape index (κ3) is 4.17. The molecule has 0 aliphatic heterocycles. The summed E-state index contributed by atoms with van der Waals surface area (Å²) in [6.07, 6.45) is 3.59. The minimum Gasteiger partial charge on any atom is -0.395 e. The number of halogens is 1. The minimum absolute atomic E-state index is 0.0415. The number of H-pyrrole nitrogens is 1. The van der Waals surface area contributed by atoms with Crippen LogP contribution in [0.5, 0.6) is 0 Å². The lowest BCUT2D eigenvalue weighted by Gasteiger charge is -2.27. The van der Waals surface area contributed by atoms with Crippen molar-refractivity contribution in [2.45, 2.75) is 6.04 Å². The molecule has 4 aromatic rings. The fraction of sp³-hybridized carbons (Fsp3) is 0.160. The lowest BCUT2D eigenvalue weighted by Crippen LogP contribution is -2.28. The number of nitrogens with zero attached hydrogens (tertiary/aromatic N) is 2. The zero-order valence-electron chi connectivity index (χ0n) is 16.8. The second kappa shape index (κ2) is 9.03. The van der Waals surface area contributed by atoms with Crippen LogP contribution < -0.4 is 0 Å². The van der Waals surface area contributed by atoms with Crippen LogP contribution >= 0.6 is 0 Å². The first kappa shape index (κ1) is 20.0. The van der Waals surface area contributed by atoms with E-state index in [9.17, 15) is 9.50 Å². The normalized spacial score (nSPS) is 12.3. The Labute approximate surface area is 175 Å². The summed E-state index contributed by atoms with van der Waals surface area (Å²) in [5.74, 6) is -0.262. The van der Waals surface area contributed by atoms with E-state index in [1.807, 2.05) is 66.7 Å². The van der Waals surface area contributed by atoms with Crippen molar-refractivity contribution in [2.24, 2.45) is 0 Å². The molecular weight excluding hydrogens is 377 g/mol. The molecular formula is C25H24FN3O. The number of rotatable bonds is 7. The van der Waals surface area contributed by atoms with Gasteiger partial charge >= 0.3 is 0 Å². The lowest BCUT2D eigenvalue weighted by atomic mass is 9.94. The highest BCUT2D eigenvalue weighted by Gasteiger charge is 2.21. The van der Waals surface area contributed by atoms with Gasteiger partial charge in [0.05, 0.1) is 18.8 Å². The van der Waals surface area contributed by atoms with Crippen molar-refractivity contribution >= 4 is 0 Å². The van der Waals surface area contributed by atoms with E-state index in [4.69, 9.17) is 0 Å². The number of hydrogen-bond acceptors (Lipinski definition) is 3. The Morgan fingerprint density at radius 1 is 0.933 bits per heavy atom. The molecule has 0 aliphatic carbocycles. The van der Waals surface area contributed by atoms with Gasteiger partial charge in [-0.25, -0.2) is 4.39 Å². The summed E-state index contributed by atoms with van der Waals surface area (Å²) in [6.45, 7) is 0.536. The van der Waals surface area contributed by atoms with E-state index in [0.29, 0.717) is 12.1 Å². The fourth-order valence-corrected chi connectivity index (χ4v) is 3.81. The third-order valence-corrected chi connectivity index (χ3v) is 5.34. The maximum absolute atomic E-state index is 14.8. The highest BCUT2D eigenvalue weighted by atomic mass is 19.1. The van der Waals surface area contributed by atoms with Crippen LogP contribution in [-0.2, 0) is 0 Å². The van der Waals surface area contributed by atoms with E-state index < -0.39 is 0 Å². The van der Waals surface area contributed by atoms with Crippen molar-refractivity contribution < 1.29 is 9.50 Å². The highest BCUT2D eigenvalue weighted by Crippen LogP contribution is 2.32. The standard InChI is InChI=1S/C25H24FN3O/c1-29(13-14-30)25(22-16-27-28-17-22)21-11-12-24(26)23(15-21)20-9-7-19(8-10-20)18-5-3-2-4-6-18/h2-12,15-17,25,30H,13-14H2,1H3,(H,27,28). The molecule has 1 heterocycles. The summed E-state index contributed by atoms with van der Waals surface area (Å²) in [5.41, 5.74) is 5.50. The number of aliphatic hydroxyl groups excluding tert-OH is 1. The number of aliphatic hydroxyl groups is 1. The molecule has 4 nitrogen and oxygen atoms in total. The van der Waals surface area contributed by atoms with Gasteiger partial charge in [0, 0.05) is 23.9 Å². The van der Waals surface area contributed by atoms with Crippen LogP contribution in [0.1, 0.15) is 17.2 Å². The maximum Gasteiger partial charge on any atom is 0.131 e. The average Bonchev–Trinajstić information content (AvgIpc) is 3.30.